The molecule has 6 nitrogen and oxygen atoms in total. The molecule has 0 saturated heterocycles. The van der Waals surface area contributed by atoms with Crippen LogP contribution in [0.15, 0.2) is 4.99 Å². The topological polar surface area (TPSA) is 90.8 Å². The van der Waals surface area contributed by atoms with Crippen molar-refractivity contribution in [2.24, 2.45) is 10.4 Å². The van der Waals surface area contributed by atoms with Crippen molar-refractivity contribution in [3.63, 3.8) is 0 Å². The summed E-state index contributed by atoms with van der Waals surface area (Å²) in [5.41, 5.74) is -0.917. The summed E-state index contributed by atoms with van der Waals surface area (Å²) in [7, 11) is -2.96. The van der Waals surface area contributed by atoms with Gasteiger partial charge in [-0.15, -0.1) is 24.0 Å². The van der Waals surface area contributed by atoms with E-state index in [1.807, 2.05) is 20.8 Å². The summed E-state index contributed by atoms with van der Waals surface area (Å²) in [5.74, 6) is 0.840. The number of hydrogen-bond acceptors (Lipinski definition) is 4. The average Bonchev–Trinajstić information content (AvgIpc) is 2.48. The summed E-state index contributed by atoms with van der Waals surface area (Å²) < 4.78 is 22.7. The van der Waals surface area contributed by atoms with E-state index >= 15 is 0 Å². The van der Waals surface area contributed by atoms with Crippen molar-refractivity contribution in [1.82, 2.24) is 10.6 Å². The van der Waals surface area contributed by atoms with Crippen molar-refractivity contribution >= 4 is 39.8 Å². The zero-order valence-corrected chi connectivity index (χ0v) is 20.5. The van der Waals surface area contributed by atoms with Gasteiger partial charge in [0.25, 0.3) is 0 Å². The molecule has 0 rings (SSSR count). The first kappa shape index (κ1) is 28.1. The van der Waals surface area contributed by atoms with Gasteiger partial charge in [0.1, 0.15) is 9.84 Å². The fourth-order valence-corrected chi connectivity index (χ4v) is 3.58. The molecular weight excluding hydrogens is 465 g/mol. The van der Waals surface area contributed by atoms with Gasteiger partial charge in [0, 0.05) is 25.9 Å². The van der Waals surface area contributed by atoms with Gasteiger partial charge in [0.05, 0.1) is 11.4 Å². The van der Waals surface area contributed by atoms with Gasteiger partial charge in [-0.05, 0) is 31.6 Å². The van der Waals surface area contributed by atoms with E-state index in [4.69, 9.17) is 0 Å². The highest BCUT2D eigenvalue weighted by Crippen LogP contribution is 2.22. The Labute approximate surface area is 178 Å². The van der Waals surface area contributed by atoms with Crippen LogP contribution in [-0.4, -0.2) is 56.7 Å². The van der Waals surface area contributed by atoms with E-state index in [-0.39, 0.29) is 35.1 Å². The predicted molar refractivity (Wildman–Crippen MR) is 122 cm³/mol. The smallest absolute Gasteiger partial charge is 0.191 e. The van der Waals surface area contributed by atoms with Crippen molar-refractivity contribution in [3.05, 3.63) is 0 Å². The molecule has 0 aromatic carbocycles. The number of hydrogen-bond donors (Lipinski definition) is 3. The maximum absolute atomic E-state index is 11.4. The Kier molecular flexibility index (Phi) is 14.2. The maximum atomic E-state index is 11.4. The Morgan fingerprint density at radius 3 is 2.00 bits per heavy atom. The van der Waals surface area contributed by atoms with Gasteiger partial charge in [-0.2, -0.15) is 0 Å². The molecule has 0 heterocycles. The zero-order valence-electron chi connectivity index (χ0n) is 17.4. The van der Waals surface area contributed by atoms with Gasteiger partial charge in [-0.1, -0.05) is 40.5 Å². The highest BCUT2D eigenvalue weighted by atomic mass is 127. The third kappa shape index (κ3) is 14.0. The number of nitrogens with zero attached hydrogens (tertiary/aromatic N) is 1. The number of rotatable bonds is 12. The van der Waals surface area contributed by atoms with Crippen molar-refractivity contribution < 1.29 is 13.5 Å². The second-order valence-electron chi connectivity index (χ2n) is 7.82. The first-order chi connectivity index (χ1) is 11.5. The minimum Gasteiger partial charge on any atom is -0.388 e. The Balaban J connectivity index is 0. The normalized spacial score (nSPS) is 13.3. The number of guanidine groups is 1. The molecule has 0 radical (unpaired) electrons. The summed E-state index contributed by atoms with van der Waals surface area (Å²) in [6.07, 6.45) is 5.22. The molecule has 0 aliphatic heterocycles. The molecule has 8 heteroatoms. The molecule has 0 aliphatic rings. The monoisotopic (exact) mass is 505 g/mol. The van der Waals surface area contributed by atoms with Crippen LogP contribution >= 0.6 is 24.0 Å². The first-order valence-corrected chi connectivity index (χ1v) is 11.5. The molecule has 0 fully saturated rings. The third-order valence-corrected chi connectivity index (χ3v) is 5.12. The fraction of sp³-hybridized carbons (Fsp3) is 0.944. The largest absolute Gasteiger partial charge is 0.388 e. The predicted octanol–water partition coefficient (Wildman–Crippen LogP) is 2.95. The molecule has 0 bridgehead atoms. The third-order valence-electron chi connectivity index (χ3n) is 4.17. The molecule has 0 amide bonds. The van der Waals surface area contributed by atoms with Gasteiger partial charge in [-0.25, -0.2) is 8.42 Å². The molecule has 0 atom stereocenters. The Morgan fingerprint density at radius 1 is 1.04 bits per heavy atom. The lowest BCUT2D eigenvalue weighted by Crippen LogP contribution is -2.47. The standard InChI is InChI=1S/C18H39N3O3S.HI/c1-7-10-18(22,11-8-2)15-21-16(19-9-3)20-14-17(4,5)12-13-25(6,23)24;/h22H,7-15H2,1-6H3,(H2,19,20,21);1H. The van der Waals surface area contributed by atoms with Crippen LogP contribution in [0.5, 0.6) is 0 Å². The summed E-state index contributed by atoms with van der Waals surface area (Å²) in [6, 6.07) is 0. The van der Waals surface area contributed by atoms with Crippen LogP contribution in [0.1, 0.15) is 66.7 Å². The minimum atomic E-state index is -2.96. The van der Waals surface area contributed by atoms with E-state index < -0.39 is 15.4 Å². The van der Waals surface area contributed by atoms with E-state index in [0.717, 1.165) is 32.2 Å². The molecule has 0 spiro atoms. The van der Waals surface area contributed by atoms with Gasteiger partial charge < -0.3 is 15.7 Å². The van der Waals surface area contributed by atoms with Crippen molar-refractivity contribution in [2.75, 3.05) is 31.6 Å². The second kappa shape index (κ2) is 13.1. The molecule has 0 aromatic heterocycles. The number of aliphatic imine (C=N–C) groups is 1. The Bertz CT molecular complexity index is 502. The molecule has 0 unspecified atom stereocenters. The van der Waals surface area contributed by atoms with Crippen LogP contribution in [0.3, 0.4) is 0 Å². The molecule has 0 aromatic rings. The Morgan fingerprint density at radius 2 is 1.58 bits per heavy atom. The number of aliphatic hydroxyl groups is 1. The van der Waals surface area contributed by atoms with Gasteiger partial charge >= 0.3 is 0 Å². The van der Waals surface area contributed by atoms with Crippen molar-refractivity contribution in [3.8, 4) is 0 Å². The summed E-state index contributed by atoms with van der Waals surface area (Å²) in [6.45, 7) is 11.9. The first-order valence-electron chi connectivity index (χ1n) is 9.39. The summed E-state index contributed by atoms with van der Waals surface area (Å²) >= 11 is 0. The number of nitrogens with one attached hydrogen (secondary N) is 2. The number of halogens is 1. The molecule has 158 valence electrons. The Hall–Kier alpha value is -0.0900. The van der Waals surface area contributed by atoms with E-state index in [0.29, 0.717) is 25.5 Å². The lowest BCUT2D eigenvalue weighted by atomic mass is 9.90. The SMILES string of the molecule is CCCC(O)(CCC)CNC(=NCC(C)(C)CCS(C)(=O)=O)NCC.I. The second-order valence-corrected chi connectivity index (χ2v) is 10.1. The summed E-state index contributed by atoms with van der Waals surface area (Å²) in [4.78, 5) is 4.60. The van der Waals surface area contributed by atoms with Crippen molar-refractivity contribution in [1.29, 1.82) is 0 Å². The lowest BCUT2D eigenvalue weighted by Gasteiger charge is -2.29. The van der Waals surface area contributed by atoms with Gasteiger partial charge in [-0.3, -0.25) is 4.99 Å². The molecule has 0 aliphatic carbocycles. The van der Waals surface area contributed by atoms with Crippen LogP contribution < -0.4 is 10.6 Å². The molecule has 0 saturated carbocycles. The average molecular weight is 506 g/mol. The molecular formula is C18H40IN3O3S. The van der Waals surface area contributed by atoms with E-state index in [9.17, 15) is 13.5 Å². The highest BCUT2D eigenvalue weighted by molar-refractivity contribution is 14.0. The number of sulfone groups is 1. The highest BCUT2D eigenvalue weighted by Gasteiger charge is 2.25. The van der Waals surface area contributed by atoms with Crippen LogP contribution in [0.25, 0.3) is 0 Å². The van der Waals surface area contributed by atoms with Gasteiger partial charge in [0.2, 0.25) is 0 Å². The fourth-order valence-electron chi connectivity index (χ4n) is 2.66. The zero-order chi connectivity index (χ0) is 19.6. The van der Waals surface area contributed by atoms with Crippen LogP contribution in [0.4, 0.5) is 0 Å². The lowest BCUT2D eigenvalue weighted by molar-refractivity contribution is 0.0257. The van der Waals surface area contributed by atoms with Crippen molar-refractivity contribution in [2.45, 2.75) is 72.3 Å². The quantitative estimate of drug-likeness (QED) is 0.216. The van der Waals surface area contributed by atoms with E-state index in [2.05, 4.69) is 29.5 Å². The van der Waals surface area contributed by atoms with E-state index in [1.54, 1.807) is 0 Å². The van der Waals surface area contributed by atoms with Crippen LogP contribution in [-0.2, 0) is 9.84 Å². The van der Waals surface area contributed by atoms with Crippen LogP contribution in [0, 0.1) is 5.41 Å². The summed E-state index contributed by atoms with van der Waals surface area (Å²) in [5, 5.41) is 17.2. The molecule has 26 heavy (non-hydrogen) atoms. The van der Waals surface area contributed by atoms with Gasteiger partial charge in [0.15, 0.2) is 5.96 Å². The van der Waals surface area contributed by atoms with E-state index in [1.165, 1.54) is 6.26 Å². The minimum absolute atomic E-state index is 0. The van der Waals surface area contributed by atoms with Crippen LogP contribution in [0.2, 0.25) is 0 Å². The maximum Gasteiger partial charge on any atom is 0.191 e. The molecule has 3 N–H and O–H groups in total.